The van der Waals surface area contributed by atoms with Crippen LogP contribution in [0.1, 0.15) is 0 Å². The minimum atomic E-state index is -0.718. The van der Waals surface area contributed by atoms with E-state index in [9.17, 15) is 18.4 Å². The number of carbonyl (C=O) groups is 1. The van der Waals surface area contributed by atoms with Crippen molar-refractivity contribution in [2.24, 2.45) is 0 Å². The van der Waals surface area contributed by atoms with Gasteiger partial charge in [-0.2, -0.15) is 16.7 Å². The Balaban J connectivity index is 1.71. The molecule has 0 aliphatic carbocycles. The molecule has 0 unspecified atom stereocenters. The van der Waals surface area contributed by atoms with Crippen LogP contribution in [0, 0.1) is 11.6 Å². The van der Waals surface area contributed by atoms with E-state index in [4.69, 9.17) is 11.6 Å². The number of halogens is 3. The zero-order valence-corrected chi connectivity index (χ0v) is 21.9. The highest BCUT2D eigenvalue weighted by Crippen LogP contribution is 2.46. The molecule has 3 aromatic rings. The molecule has 0 radical (unpaired) electrons. The van der Waals surface area contributed by atoms with E-state index in [1.54, 1.807) is 27.3 Å². The van der Waals surface area contributed by atoms with Crippen LogP contribution in [0.4, 0.5) is 14.6 Å². The van der Waals surface area contributed by atoms with Crippen LogP contribution in [0.25, 0.3) is 22.0 Å². The molecule has 3 heterocycles. The van der Waals surface area contributed by atoms with E-state index in [1.807, 2.05) is 6.26 Å². The number of thioether (sulfide) groups is 2. The summed E-state index contributed by atoms with van der Waals surface area (Å²) in [6.45, 7) is 5.49. The topological polar surface area (TPSA) is 58.4 Å². The Hall–Kier alpha value is -2.56. The molecule has 2 aromatic carbocycles. The summed E-state index contributed by atoms with van der Waals surface area (Å²) < 4.78 is 30.1. The predicted octanol–water partition coefficient (Wildman–Crippen LogP) is 4.67. The van der Waals surface area contributed by atoms with Gasteiger partial charge in [0.25, 0.3) is 0 Å². The van der Waals surface area contributed by atoms with Crippen LogP contribution in [0.2, 0.25) is 5.02 Å². The molecule has 6 nitrogen and oxygen atoms in total. The van der Waals surface area contributed by atoms with Gasteiger partial charge in [0.15, 0.2) is 0 Å². The molecule has 5 rings (SSSR count). The molecule has 11 heteroatoms. The zero-order chi connectivity index (χ0) is 25.6. The van der Waals surface area contributed by atoms with Crippen molar-refractivity contribution in [2.45, 2.75) is 17.5 Å². The number of nitrogens with zero attached hydrogens (tertiary/aromatic N) is 4. The summed E-state index contributed by atoms with van der Waals surface area (Å²) in [5, 5.41) is 0.996. The fraction of sp³-hybridized carbons (Fsp3) is 0.320. The number of benzene rings is 2. The summed E-state index contributed by atoms with van der Waals surface area (Å²) in [5.41, 5.74) is 0.886. The number of hydrogen-bond acceptors (Lipinski definition) is 6. The van der Waals surface area contributed by atoms with Crippen molar-refractivity contribution in [3.05, 3.63) is 64.1 Å². The zero-order valence-electron chi connectivity index (χ0n) is 19.5. The maximum absolute atomic E-state index is 14.8. The van der Waals surface area contributed by atoms with Gasteiger partial charge in [0.05, 0.1) is 16.6 Å². The van der Waals surface area contributed by atoms with Crippen LogP contribution in [0.15, 0.2) is 46.6 Å². The number of anilines is 1. The van der Waals surface area contributed by atoms with Crippen LogP contribution in [-0.4, -0.2) is 63.8 Å². The van der Waals surface area contributed by atoms with Crippen LogP contribution < -0.4 is 10.6 Å². The standard InChI is InChI=1S/C25H23ClF2N4O2S2/c1-3-20(33)30-6-7-31(15(12-30)13-35-2)24-17-11-18(26)21(16-5-4-14(27)10-19(16)28)23-22(17)32(8-9-36-23)25(34)29-24/h3-5,10-11,15H,1,6-9,12-13H2,2H3/t15-/m1/s1. The lowest BCUT2D eigenvalue weighted by atomic mass is 10.0. The van der Waals surface area contributed by atoms with E-state index < -0.39 is 11.6 Å². The van der Waals surface area contributed by atoms with Gasteiger partial charge in [-0.05, 0) is 30.5 Å². The third-order valence-corrected chi connectivity index (χ3v) is 8.60. The second kappa shape index (κ2) is 10.1. The average Bonchev–Trinajstić information content (AvgIpc) is 2.86. The molecule has 1 amide bonds. The maximum Gasteiger partial charge on any atom is 0.350 e. The Labute approximate surface area is 220 Å². The van der Waals surface area contributed by atoms with Crippen LogP contribution >= 0.6 is 35.1 Å². The summed E-state index contributed by atoms with van der Waals surface area (Å²) in [6.07, 6.45) is 3.30. The molecular weight excluding hydrogens is 526 g/mol. The number of piperazine rings is 1. The number of carbonyl (C=O) groups excluding carboxylic acids is 1. The van der Waals surface area contributed by atoms with Crippen molar-refractivity contribution in [1.82, 2.24) is 14.5 Å². The van der Waals surface area contributed by atoms with Crippen LogP contribution in [0.5, 0.6) is 0 Å². The van der Waals surface area contributed by atoms with Crippen molar-refractivity contribution in [1.29, 1.82) is 0 Å². The van der Waals surface area contributed by atoms with E-state index >= 15 is 0 Å². The molecule has 1 atom stereocenters. The van der Waals surface area contributed by atoms with E-state index in [2.05, 4.69) is 16.5 Å². The number of aromatic nitrogens is 2. The Kier molecular flexibility index (Phi) is 7.02. The Bertz CT molecular complexity index is 1450. The molecule has 188 valence electrons. The molecular formula is C25H23ClF2N4O2S2. The van der Waals surface area contributed by atoms with Gasteiger partial charge in [-0.25, -0.2) is 13.6 Å². The van der Waals surface area contributed by atoms with Crippen LogP contribution in [-0.2, 0) is 11.3 Å². The first kappa shape index (κ1) is 25.1. The minimum absolute atomic E-state index is 0.0735. The number of amides is 1. The fourth-order valence-electron chi connectivity index (χ4n) is 4.91. The normalized spacial score (nSPS) is 17.5. The first-order valence-electron chi connectivity index (χ1n) is 11.4. The van der Waals surface area contributed by atoms with Crippen LogP contribution in [0.3, 0.4) is 0 Å². The van der Waals surface area contributed by atoms with E-state index in [-0.39, 0.29) is 23.2 Å². The highest BCUT2D eigenvalue weighted by atomic mass is 35.5. The number of rotatable bonds is 5. The minimum Gasteiger partial charge on any atom is -0.349 e. The SMILES string of the molecule is C=CC(=O)N1CCN(c2nc(=O)n3c4c(c(-c5ccc(F)cc5F)c(Cl)cc24)SCC3)[C@@H](CSC)C1. The molecule has 1 fully saturated rings. The highest BCUT2D eigenvalue weighted by Gasteiger charge is 2.33. The molecule has 36 heavy (non-hydrogen) atoms. The van der Waals surface area contributed by atoms with E-state index in [0.29, 0.717) is 64.1 Å². The van der Waals surface area contributed by atoms with Gasteiger partial charge in [0.2, 0.25) is 5.91 Å². The number of aryl methyl sites for hydroxylation is 1. The van der Waals surface area contributed by atoms with Gasteiger partial charge in [-0.1, -0.05) is 18.2 Å². The molecule has 2 aliphatic rings. The van der Waals surface area contributed by atoms with Gasteiger partial charge in [0, 0.05) is 65.2 Å². The second-order valence-corrected chi connectivity index (χ2v) is 11.0. The summed E-state index contributed by atoms with van der Waals surface area (Å²) in [7, 11) is 0. The summed E-state index contributed by atoms with van der Waals surface area (Å²) in [6, 6.07) is 5.05. The molecule has 1 saturated heterocycles. The van der Waals surface area contributed by atoms with Gasteiger partial charge < -0.3 is 9.80 Å². The van der Waals surface area contributed by atoms with Crippen molar-refractivity contribution in [3.8, 4) is 11.1 Å². The van der Waals surface area contributed by atoms with Crippen molar-refractivity contribution >= 4 is 57.8 Å². The summed E-state index contributed by atoms with van der Waals surface area (Å²) in [4.78, 5) is 34.5. The van der Waals surface area contributed by atoms with Crippen molar-refractivity contribution < 1.29 is 13.6 Å². The second-order valence-electron chi connectivity index (χ2n) is 8.59. The third-order valence-electron chi connectivity index (χ3n) is 6.51. The van der Waals surface area contributed by atoms with Gasteiger partial charge in [0.1, 0.15) is 17.5 Å². The monoisotopic (exact) mass is 548 g/mol. The Morgan fingerprint density at radius 3 is 2.83 bits per heavy atom. The van der Waals surface area contributed by atoms with E-state index in [0.717, 1.165) is 11.8 Å². The lowest BCUT2D eigenvalue weighted by Gasteiger charge is -2.42. The van der Waals surface area contributed by atoms with E-state index in [1.165, 1.54) is 30.0 Å². The smallest absolute Gasteiger partial charge is 0.349 e. The number of hydrogen-bond donors (Lipinski definition) is 0. The molecule has 0 N–H and O–H groups in total. The highest BCUT2D eigenvalue weighted by molar-refractivity contribution is 7.99. The largest absolute Gasteiger partial charge is 0.350 e. The third kappa shape index (κ3) is 4.29. The quantitative estimate of drug-likeness (QED) is 0.432. The first-order valence-corrected chi connectivity index (χ1v) is 14.1. The molecule has 0 saturated carbocycles. The van der Waals surface area contributed by atoms with Gasteiger partial charge in [-0.3, -0.25) is 9.36 Å². The molecule has 0 bridgehead atoms. The Morgan fingerprint density at radius 1 is 1.31 bits per heavy atom. The summed E-state index contributed by atoms with van der Waals surface area (Å²) >= 11 is 9.91. The molecule has 0 spiro atoms. The van der Waals surface area contributed by atoms with Gasteiger partial charge in [-0.15, -0.1) is 11.8 Å². The Morgan fingerprint density at radius 2 is 2.11 bits per heavy atom. The maximum atomic E-state index is 14.8. The average molecular weight is 549 g/mol. The molecule has 2 aliphatic heterocycles. The first-order chi connectivity index (χ1) is 17.3. The molecule has 1 aromatic heterocycles. The summed E-state index contributed by atoms with van der Waals surface area (Å²) in [5.74, 6) is 0.304. The lowest BCUT2D eigenvalue weighted by molar-refractivity contribution is -0.126. The van der Waals surface area contributed by atoms with Crippen molar-refractivity contribution in [3.63, 3.8) is 0 Å². The van der Waals surface area contributed by atoms with Crippen molar-refractivity contribution in [2.75, 3.05) is 42.3 Å². The lowest BCUT2D eigenvalue weighted by Crippen LogP contribution is -2.56. The van der Waals surface area contributed by atoms with Gasteiger partial charge >= 0.3 is 5.69 Å². The predicted molar refractivity (Wildman–Crippen MR) is 143 cm³/mol. The fourth-order valence-corrected chi connectivity index (χ4v) is 7.14.